The lowest BCUT2D eigenvalue weighted by Crippen LogP contribution is -2.49. The zero-order chi connectivity index (χ0) is 28.3. The van der Waals surface area contributed by atoms with E-state index in [2.05, 4.69) is 93.5 Å². The van der Waals surface area contributed by atoms with Gasteiger partial charge < -0.3 is 9.88 Å². The van der Waals surface area contributed by atoms with Gasteiger partial charge in [-0.2, -0.15) is 0 Å². The van der Waals surface area contributed by atoms with Crippen molar-refractivity contribution in [1.29, 1.82) is 0 Å². The number of H-pyrrole nitrogens is 1. The minimum atomic E-state index is -0.361. The van der Waals surface area contributed by atoms with E-state index in [9.17, 15) is 4.79 Å². The topological polar surface area (TPSA) is 82.9 Å². The normalized spacial score (nSPS) is 15.0. The van der Waals surface area contributed by atoms with Gasteiger partial charge in [-0.1, -0.05) is 55.5 Å². The molecule has 1 aliphatic rings. The lowest BCUT2D eigenvalue weighted by atomic mass is 10.0. The minimum Gasteiger partial charge on any atom is -0.369 e. The number of nitrogens with one attached hydrogen (secondary N) is 1. The summed E-state index contributed by atoms with van der Waals surface area (Å²) in [6, 6.07) is 24.8. The summed E-state index contributed by atoms with van der Waals surface area (Å²) in [7, 11) is 0. The highest BCUT2D eigenvalue weighted by molar-refractivity contribution is 5.80. The molecular weight excluding hydrogens is 510 g/mol. The Kier molecular flexibility index (Phi) is 7.65. The molecule has 0 amide bonds. The molecule has 6 rings (SSSR count). The second-order valence-corrected chi connectivity index (χ2v) is 11.0. The van der Waals surface area contributed by atoms with Crippen LogP contribution in [0.15, 0.2) is 77.6 Å². The van der Waals surface area contributed by atoms with Crippen LogP contribution in [0.25, 0.3) is 10.9 Å². The molecule has 1 N–H and O–H groups in total. The Balaban J connectivity index is 1.36. The van der Waals surface area contributed by atoms with Crippen molar-refractivity contribution in [2.45, 2.75) is 46.2 Å². The number of anilines is 1. The highest BCUT2D eigenvalue weighted by Gasteiger charge is 2.33. The average molecular weight is 548 g/mol. The fraction of sp³-hybridized carbons (Fsp3) is 0.333. The molecule has 3 heterocycles. The summed E-state index contributed by atoms with van der Waals surface area (Å²) in [5, 5.41) is 14.0. The van der Waals surface area contributed by atoms with Crippen LogP contribution in [0.2, 0.25) is 0 Å². The van der Waals surface area contributed by atoms with Gasteiger partial charge in [-0.15, -0.1) is 5.10 Å². The molecule has 0 bridgehead atoms. The molecule has 1 atom stereocenters. The number of aromatic amines is 1. The van der Waals surface area contributed by atoms with E-state index in [4.69, 9.17) is 0 Å². The van der Waals surface area contributed by atoms with E-state index in [1.54, 1.807) is 0 Å². The molecular formula is C33H37N7O. The Morgan fingerprint density at radius 2 is 1.71 bits per heavy atom. The standard InChI is InChI=1S/C33H37N7O/c1-4-25-13-14-29-27(21-25)22-28(33(41)34-29)31(32-35-36-37-40(32)16-15-26-10-6-5-7-11-26)39-19-17-38(18-20-39)30-12-8-9-23(2)24(30)3/h5-14,21-22,31H,4,15-20H2,1-3H3,(H,34,41)/t31-/m0/s1. The number of tetrazole rings is 1. The van der Waals surface area contributed by atoms with Gasteiger partial charge in [-0.3, -0.25) is 9.69 Å². The Morgan fingerprint density at radius 1 is 0.902 bits per heavy atom. The molecule has 0 saturated carbocycles. The third-order valence-corrected chi connectivity index (χ3v) is 8.50. The molecule has 0 unspecified atom stereocenters. The van der Waals surface area contributed by atoms with E-state index in [0.717, 1.165) is 49.9 Å². The van der Waals surface area contributed by atoms with Crippen LogP contribution in [0, 0.1) is 13.8 Å². The molecule has 1 fully saturated rings. The predicted octanol–water partition coefficient (Wildman–Crippen LogP) is 4.85. The van der Waals surface area contributed by atoms with E-state index in [1.165, 1.54) is 27.9 Å². The summed E-state index contributed by atoms with van der Waals surface area (Å²) in [4.78, 5) is 21.6. The van der Waals surface area contributed by atoms with Crippen molar-refractivity contribution >= 4 is 16.6 Å². The molecule has 1 saturated heterocycles. The van der Waals surface area contributed by atoms with Crippen molar-refractivity contribution in [3.05, 3.63) is 117 Å². The van der Waals surface area contributed by atoms with E-state index >= 15 is 0 Å². The second kappa shape index (κ2) is 11.7. The van der Waals surface area contributed by atoms with Crippen LogP contribution < -0.4 is 10.5 Å². The maximum absolute atomic E-state index is 13.7. The monoisotopic (exact) mass is 547 g/mol. The van der Waals surface area contributed by atoms with Crippen LogP contribution in [0.4, 0.5) is 5.69 Å². The highest BCUT2D eigenvalue weighted by Crippen LogP contribution is 2.30. The van der Waals surface area contributed by atoms with E-state index in [-0.39, 0.29) is 11.6 Å². The number of piperazine rings is 1. The minimum absolute atomic E-state index is 0.0960. The zero-order valence-corrected chi connectivity index (χ0v) is 24.0. The smallest absolute Gasteiger partial charge is 0.253 e. The van der Waals surface area contributed by atoms with E-state index in [0.29, 0.717) is 17.9 Å². The fourth-order valence-corrected chi connectivity index (χ4v) is 5.94. The van der Waals surface area contributed by atoms with Gasteiger partial charge in [0.1, 0.15) is 6.04 Å². The number of hydrogen-bond acceptors (Lipinski definition) is 6. The Hall–Kier alpha value is -4.30. The molecule has 0 radical (unpaired) electrons. The van der Waals surface area contributed by atoms with Crippen LogP contribution in [0.3, 0.4) is 0 Å². The first-order valence-corrected chi connectivity index (χ1v) is 14.5. The van der Waals surface area contributed by atoms with Gasteiger partial charge in [0.25, 0.3) is 5.56 Å². The molecule has 8 heteroatoms. The maximum Gasteiger partial charge on any atom is 0.253 e. The van der Waals surface area contributed by atoms with Crippen LogP contribution in [0.5, 0.6) is 0 Å². The van der Waals surface area contributed by atoms with E-state index < -0.39 is 0 Å². The number of hydrogen-bond donors (Lipinski definition) is 1. The van der Waals surface area contributed by atoms with Crippen LogP contribution in [0.1, 0.15) is 46.6 Å². The first-order valence-electron chi connectivity index (χ1n) is 14.5. The largest absolute Gasteiger partial charge is 0.369 e. The number of fused-ring (bicyclic) bond motifs is 1. The maximum atomic E-state index is 13.7. The van der Waals surface area contributed by atoms with Gasteiger partial charge in [0.2, 0.25) is 0 Å². The number of nitrogens with zero attached hydrogens (tertiary/aromatic N) is 6. The quantitative estimate of drug-likeness (QED) is 0.299. The van der Waals surface area contributed by atoms with Crippen LogP contribution in [-0.4, -0.2) is 56.3 Å². The molecule has 3 aromatic carbocycles. The first kappa shape index (κ1) is 26.9. The van der Waals surface area contributed by atoms with Crippen molar-refractivity contribution in [1.82, 2.24) is 30.1 Å². The summed E-state index contributed by atoms with van der Waals surface area (Å²) in [5.41, 5.74) is 7.80. The summed E-state index contributed by atoms with van der Waals surface area (Å²) in [6.07, 6.45) is 1.74. The summed E-state index contributed by atoms with van der Waals surface area (Å²) in [5.74, 6) is 0.706. The molecule has 210 valence electrons. The van der Waals surface area contributed by atoms with Crippen molar-refractivity contribution in [2.24, 2.45) is 0 Å². The summed E-state index contributed by atoms with van der Waals surface area (Å²) in [6.45, 7) is 10.4. The SMILES string of the molecule is CCc1ccc2[nH]c(=O)c([C@@H](c3nnnn3CCc3ccccc3)N3CCN(c4cccc(C)c4C)CC3)cc2c1. The van der Waals surface area contributed by atoms with Gasteiger partial charge in [0.15, 0.2) is 5.82 Å². The van der Waals surface area contributed by atoms with Crippen molar-refractivity contribution in [2.75, 3.05) is 31.1 Å². The number of pyridine rings is 1. The average Bonchev–Trinajstić information content (AvgIpc) is 3.46. The molecule has 41 heavy (non-hydrogen) atoms. The lowest BCUT2D eigenvalue weighted by molar-refractivity contribution is 0.199. The lowest BCUT2D eigenvalue weighted by Gasteiger charge is -2.40. The first-order chi connectivity index (χ1) is 20.0. The van der Waals surface area contributed by atoms with Crippen LogP contribution in [-0.2, 0) is 19.4 Å². The Bertz CT molecular complexity index is 1700. The van der Waals surface area contributed by atoms with Crippen molar-refractivity contribution < 1.29 is 0 Å². The van der Waals surface area contributed by atoms with Crippen molar-refractivity contribution in [3.8, 4) is 0 Å². The Morgan fingerprint density at radius 3 is 2.49 bits per heavy atom. The van der Waals surface area contributed by atoms with Crippen LogP contribution >= 0.6 is 0 Å². The third kappa shape index (κ3) is 5.52. The summed E-state index contributed by atoms with van der Waals surface area (Å²) < 4.78 is 1.88. The molecule has 0 aliphatic carbocycles. The number of aryl methyl sites for hydroxylation is 4. The zero-order valence-electron chi connectivity index (χ0n) is 24.0. The second-order valence-electron chi connectivity index (χ2n) is 11.0. The highest BCUT2D eigenvalue weighted by atomic mass is 16.1. The van der Waals surface area contributed by atoms with Gasteiger partial charge in [0.05, 0.1) is 0 Å². The number of benzene rings is 3. The van der Waals surface area contributed by atoms with Gasteiger partial charge >= 0.3 is 0 Å². The van der Waals surface area contributed by atoms with Gasteiger partial charge in [0, 0.05) is 49.5 Å². The third-order valence-electron chi connectivity index (χ3n) is 8.50. The van der Waals surface area contributed by atoms with E-state index in [1.807, 2.05) is 35.0 Å². The van der Waals surface area contributed by atoms with Gasteiger partial charge in [-0.05, 0) is 89.0 Å². The Labute approximate surface area is 240 Å². The predicted molar refractivity (Wildman–Crippen MR) is 163 cm³/mol. The molecule has 8 nitrogen and oxygen atoms in total. The molecule has 1 aliphatic heterocycles. The fourth-order valence-electron chi connectivity index (χ4n) is 5.94. The summed E-state index contributed by atoms with van der Waals surface area (Å²) >= 11 is 0. The molecule has 5 aromatic rings. The van der Waals surface area contributed by atoms with Gasteiger partial charge in [-0.25, -0.2) is 4.68 Å². The van der Waals surface area contributed by atoms with Crippen molar-refractivity contribution in [3.63, 3.8) is 0 Å². The molecule has 2 aromatic heterocycles. The number of aromatic nitrogens is 5. The molecule has 0 spiro atoms. The number of rotatable bonds is 8.